The smallest absolute Gasteiger partial charge is 0.339 e. The van der Waals surface area contributed by atoms with Crippen LogP contribution in [0.4, 0.5) is 23.4 Å². The third-order valence-electron chi connectivity index (χ3n) is 7.33. The van der Waals surface area contributed by atoms with Crippen LogP contribution in [-0.4, -0.2) is 34.2 Å². The Labute approximate surface area is 244 Å². The molecule has 0 bridgehead atoms. The Morgan fingerprint density at radius 3 is 2.40 bits per heavy atom. The van der Waals surface area contributed by atoms with Gasteiger partial charge < -0.3 is 10.6 Å². The quantitative estimate of drug-likeness (QED) is 0.169. The van der Waals surface area contributed by atoms with E-state index in [0.29, 0.717) is 28.3 Å². The van der Waals surface area contributed by atoms with E-state index in [1.807, 2.05) is 12.3 Å². The third kappa shape index (κ3) is 5.53. The highest BCUT2D eigenvalue weighted by Gasteiger charge is 2.47. The van der Waals surface area contributed by atoms with E-state index in [0.717, 1.165) is 18.2 Å². The van der Waals surface area contributed by atoms with Crippen LogP contribution in [0.3, 0.4) is 0 Å². The molecule has 2 N–H and O–H groups in total. The van der Waals surface area contributed by atoms with E-state index in [2.05, 4.69) is 10.6 Å². The van der Waals surface area contributed by atoms with E-state index in [-0.39, 0.29) is 12.1 Å². The summed E-state index contributed by atoms with van der Waals surface area (Å²) in [5.74, 6) is -2.48. The van der Waals surface area contributed by atoms with Gasteiger partial charge in [-0.1, -0.05) is 36.4 Å². The molecule has 1 aliphatic heterocycles. The highest BCUT2D eigenvalue weighted by Crippen LogP contribution is 2.45. The molecule has 2 amide bonds. The summed E-state index contributed by atoms with van der Waals surface area (Å²) in [4.78, 5) is 29.1. The number of nitrogens with zero attached hydrogens (tertiary/aromatic N) is 4. The summed E-state index contributed by atoms with van der Waals surface area (Å²) in [6, 6.07) is 16.4. The van der Waals surface area contributed by atoms with Crippen LogP contribution >= 0.6 is 0 Å². The van der Waals surface area contributed by atoms with E-state index in [4.69, 9.17) is 5.10 Å². The molecule has 3 atom stereocenters. The van der Waals surface area contributed by atoms with Gasteiger partial charge in [-0.3, -0.25) is 14.5 Å². The van der Waals surface area contributed by atoms with Crippen molar-refractivity contribution in [1.82, 2.24) is 20.4 Å². The largest absolute Gasteiger partial charge is 0.416 e. The second-order valence-corrected chi connectivity index (χ2v) is 9.99. The molecule has 2 heterocycles. The van der Waals surface area contributed by atoms with Crippen LogP contribution in [-0.2, 0) is 11.0 Å². The zero-order valence-electron chi connectivity index (χ0n) is 23.1. The maximum Gasteiger partial charge on any atom is 0.416 e. The van der Waals surface area contributed by atoms with Crippen LogP contribution in [0.2, 0.25) is 0 Å². The van der Waals surface area contributed by atoms with Gasteiger partial charge in [0.25, 0.3) is 11.8 Å². The summed E-state index contributed by atoms with van der Waals surface area (Å²) in [5, 5.41) is 19.6. The summed E-state index contributed by atoms with van der Waals surface area (Å²) in [6.07, 6.45) is -2.77. The van der Waals surface area contributed by atoms with Gasteiger partial charge in [0.05, 0.1) is 23.0 Å². The zero-order valence-corrected chi connectivity index (χ0v) is 23.1. The Morgan fingerprint density at radius 1 is 1.07 bits per heavy atom. The highest BCUT2D eigenvalue weighted by molar-refractivity contribution is 6.05. The molecule has 0 saturated heterocycles. The number of anilines is 1. The summed E-state index contributed by atoms with van der Waals surface area (Å²) >= 11 is 0. The molecule has 1 aliphatic rings. The van der Waals surface area contributed by atoms with Gasteiger partial charge in [0.2, 0.25) is 0 Å². The first kappa shape index (κ1) is 29.3. The number of fused-ring (bicyclic) bond motifs is 1. The Kier molecular flexibility index (Phi) is 7.91. The molecule has 220 valence electrons. The van der Waals surface area contributed by atoms with Crippen molar-refractivity contribution >= 4 is 17.6 Å². The fourth-order valence-corrected chi connectivity index (χ4v) is 5.35. The van der Waals surface area contributed by atoms with Crippen molar-refractivity contribution in [3.63, 3.8) is 0 Å². The molecule has 5 rings (SSSR count). The molecule has 12 heteroatoms. The van der Waals surface area contributed by atoms with Crippen molar-refractivity contribution in [3.05, 3.63) is 113 Å². The number of likely N-dealkylation sites (N-methyl/N-ethyl adjacent to an activating group) is 1. The second-order valence-electron chi connectivity index (χ2n) is 9.99. The van der Waals surface area contributed by atoms with E-state index in [1.54, 1.807) is 42.8 Å². The molecule has 0 saturated carbocycles. The molecule has 0 spiro atoms. The van der Waals surface area contributed by atoms with E-state index in [1.165, 1.54) is 35.2 Å². The third-order valence-corrected chi connectivity index (χ3v) is 7.33. The molecule has 4 aromatic rings. The molecule has 1 aromatic heterocycles. The second kappa shape index (κ2) is 11.6. The van der Waals surface area contributed by atoms with Gasteiger partial charge >= 0.3 is 6.18 Å². The Balaban J connectivity index is 1.72. The highest BCUT2D eigenvalue weighted by atomic mass is 19.4. The van der Waals surface area contributed by atoms with Gasteiger partial charge in [-0.15, -0.1) is 0 Å². The van der Waals surface area contributed by atoms with Gasteiger partial charge in [-0.2, -0.15) is 23.5 Å². The summed E-state index contributed by atoms with van der Waals surface area (Å²) in [6.45, 7) is 3.62. The lowest BCUT2D eigenvalue weighted by Gasteiger charge is -2.38. The van der Waals surface area contributed by atoms with Crippen LogP contribution in [0.5, 0.6) is 0 Å². The van der Waals surface area contributed by atoms with Crippen molar-refractivity contribution in [1.29, 1.82) is 5.26 Å². The first-order valence-electron chi connectivity index (χ1n) is 13.4. The standard InChI is InChI=1S/C31H26F4N6O2/c1-3-40-29-25(26(18(2)37-17-36)39-41(29)23-10-5-4-6-11-23)24(19-12-14-22(32)15-13-19)27(30(40)43)38-28(42)20-8-7-9-21(16-20)31(33,34)35/h4-16,18,24,27,37H,3H2,1-2H3,(H,38,42)/t18-,24+,27?/m1/s1. The number of nitrogens with one attached hydrogen (secondary N) is 2. The number of para-hydroxylation sites is 1. The summed E-state index contributed by atoms with van der Waals surface area (Å²) < 4.78 is 55.8. The predicted molar refractivity (Wildman–Crippen MR) is 150 cm³/mol. The first-order chi connectivity index (χ1) is 20.5. The van der Waals surface area contributed by atoms with Crippen molar-refractivity contribution in [2.75, 3.05) is 11.4 Å². The maximum absolute atomic E-state index is 14.2. The number of nitriles is 1. The van der Waals surface area contributed by atoms with Gasteiger partial charge in [-0.25, -0.2) is 9.07 Å². The van der Waals surface area contributed by atoms with Crippen LogP contribution < -0.4 is 15.5 Å². The number of amides is 2. The predicted octanol–water partition coefficient (Wildman–Crippen LogP) is 5.46. The fraction of sp³-hybridized carbons (Fsp3) is 0.226. The Morgan fingerprint density at radius 2 is 1.77 bits per heavy atom. The van der Waals surface area contributed by atoms with Gasteiger partial charge in [0.15, 0.2) is 6.19 Å². The van der Waals surface area contributed by atoms with Crippen molar-refractivity contribution in [2.24, 2.45) is 0 Å². The fourth-order valence-electron chi connectivity index (χ4n) is 5.35. The van der Waals surface area contributed by atoms with Crippen molar-refractivity contribution in [3.8, 4) is 11.9 Å². The maximum atomic E-state index is 14.2. The topological polar surface area (TPSA) is 103 Å². The van der Waals surface area contributed by atoms with Crippen LogP contribution in [0.1, 0.15) is 58.5 Å². The molecule has 43 heavy (non-hydrogen) atoms. The molecule has 3 aromatic carbocycles. The van der Waals surface area contributed by atoms with Gasteiger partial charge in [0, 0.05) is 23.6 Å². The SMILES string of the molecule is CCN1C(=O)C(NC(=O)c2cccc(C(F)(F)F)c2)[C@@H](c2ccc(F)cc2)c2c([C@@H](C)NC#N)nn(-c3ccccc3)c21. The van der Waals surface area contributed by atoms with Crippen LogP contribution in [0.15, 0.2) is 78.9 Å². The monoisotopic (exact) mass is 590 g/mol. The van der Waals surface area contributed by atoms with Crippen LogP contribution in [0.25, 0.3) is 5.69 Å². The summed E-state index contributed by atoms with van der Waals surface area (Å²) in [7, 11) is 0. The van der Waals surface area contributed by atoms with Crippen molar-refractivity contribution < 1.29 is 27.2 Å². The average molecular weight is 591 g/mol. The Hall–Kier alpha value is -5.18. The molecule has 8 nitrogen and oxygen atoms in total. The van der Waals surface area contributed by atoms with Crippen LogP contribution in [0, 0.1) is 17.3 Å². The molecular weight excluding hydrogens is 564 g/mol. The lowest BCUT2D eigenvalue weighted by Crippen LogP contribution is -2.55. The number of halogens is 4. The number of hydrogen-bond donors (Lipinski definition) is 2. The van der Waals surface area contributed by atoms with Gasteiger partial charge in [0.1, 0.15) is 17.7 Å². The minimum atomic E-state index is -4.67. The van der Waals surface area contributed by atoms with Gasteiger partial charge in [-0.05, 0) is 61.9 Å². The number of benzene rings is 3. The van der Waals surface area contributed by atoms with E-state index in [9.17, 15) is 32.4 Å². The van der Waals surface area contributed by atoms with E-state index >= 15 is 0 Å². The Bertz CT molecular complexity index is 1700. The summed E-state index contributed by atoms with van der Waals surface area (Å²) in [5.41, 5.74) is 0.698. The molecule has 0 aliphatic carbocycles. The number of rotatable bonds is 7. The minimum Gasteiger partial charge on any atom is -0.339 e. The normalized spacial score (nSPS) is 17.1. The lowest BCUT2D eigenvalue weighted by molar-refractivity contribution is -0.137. The van der Waals surface area contributed by atoms with E-state index < -0.39 is 47.4 Å². The molecular formula is C31H26F4N6O2. The number of carbonyl (C=O) groups is 2. The lowest BCUT2D eigenvalue weighted by atomic mass is 9.80. The number of hydrogen-bond acceptors (Lipinski definition) is 5. The zero-order chi connectivity index (χ0) is 30.9. The van der Waals surface area contributed by atoms with Crippen molar-refractivity contribution in [2.45, 2.75) is 38.0 Å². The average Bonchev–Trinajstić information content (AvgIpc) is 3.38. The number of carbonyl (C=O) groups excluding carboxylic acids is 2. The first-order valence-corrected chi connectivity index (χ1v) is 13.4. The number of aromatic nitrogens is 2. The molecule has 0 fully saturated rings. The number of alkyl halides is 3. The molecule has 0 radical (unpaired) electrons. The minimum absolute atomic E-state index is 0.163. The molecule has 1 unspecified atom stereocenters.